The lowest BCUT2D eigenvalue weighted by molar-refractivity contribution is -0.143. The zero-order chi connectivity index (χ0) is 24.3. The Morgan fingerprint density at radius 1 is 1.12 bits per heavy atom. The Morgan fingerprint density at radius 3 is 2.28 bits per heavy atom. The van der Waals surface area contributed by atoms with Crippen LogP contribution in [-0.2, 0) is 23.9 Å². The maximum atomic E-state index is 13.3. The number of thioether (sulfide) groups is 1. The summed E-state index contributed by atoms with van der Waals surface area (Å²) in [6, 6.07) is 6.82. The SMILES string of the molecule is COC(=O)CNC(=O)C(c1ccccc1)N(C)C(=O)C(CCSC)NC(=O)OC(C)(C)C. The van der Waals surface area contributed by atoms with Crippen LogP contribution in [0.25, 0.3) is 0 Å². The van der Waals surface area contributed by atoms with E-state index in [1.807, 2.05) is 6.26 Å². The molecule has 0 saturated heterocycles. The van der Waals surface area contributed by atoms with Crippen molar-refractivity contribution in [2.75, 3.05) is 32.7 Å². The molecule has 178 valence electrons. The van der Waals surface area contributed by atoms with E-state index in [0.717, 1.165) is 0 Å². The van der Waals surface area contributed by atoms with Crippen LogP contribution in [0, 0.1) is 0 Å². The Bertz CT molecular complexity index is 782. The van der Waals surface area contributed by atoms with E-state index in [1.54, 1.807) is 51.1 Å². The van der Waals surface area contributed by atoms with E-state index in [2.05, 4.69) is 15.4 Å². The first-order valence-corrected chi connectivity index (χ1v) is 11.5. The van der Waals surface area contributed by atoms with Gasteiger partial charge in [0.2, 0.25) is 11.8 Å². The van der Waals surface area contributed by atoms with E-state index < -0.39 is 41.6 Å². The van der Waals surface area contributed by atoms with E-state index >= 15 is 0 Å². The average Bonchev–Trinajstić information content (AvgIpc) is 2.73. The fraction of sp³-hybridized carbons (Fsp3) is 0.545. The summed E-state index contributed by atoms with van der Waals surface area (Å²) in [5, 5.41) is 5.12. The zero-order valence-corrected chi connectivity index (χ0v) is 20.3. The molecule has 0 saturated carbocycles. The number of carbonyl (C=O) groups is 4. The van der Waals surface area contributed by atoms with Crippen LogP contribution in [0.2, 0.25) is 0 Å². The Morgan fingerprint density at radius 2 is 1.75 bits per heavy atom. The average molecular weight is 468 g/mol. The van der Waals surface area contributed by atoms with Crippen molar-refractivity contribution in [3.63, 3.8) is 0 Å². The second kappa shape index (κ2) is 12.9. The first kappa shape index (κ1) is 27.3. The second-order valence-corrected chi connectivity index (χ2v) is 9.02. The number of rotatable bonds is 10. The molecule has 10 heteroatoms. The van der Waals surface area contributed by atoms with Crippen molar-refractivity contribution in [3.8, 4) is 0 Å². The Kier molecular flexibility index (Phi) is 11.0. The van der Waals surface area contributed by atoms with Gasteiger partial charge >= 0.3 is 12.1 Å². The normalized spacial score (nSPS) is 12.8. The Balaban J connectivity index is 3.12. The van der Waals surface area contributed by atoms with E-state index in [-0.39, 0.29) is 6.54 Å². The number of alkyl carbamates (subject to hydrolysis) is 1. The summed E-state index contributed by atoms with van der Waals surface area (Å²) in [6.07, 6.45) is 1.54. The lowest BCUT2D eigenvalue weighted by Gasteiger charge is -2.31. The summed E-state index contributed by atoms with van der Waals surface area (Å²) in [6.45, 7) is 4.87. The lowest BCUT2D eigenvalue weighted by atomic mass is 10.0. The molecule has 0 spiro atoms. The third-order valence-corrected chi connectivity index (χ3v) is 4.98. The Hall–Kier alpha value is -2.75. The number of esters is 1. The third-order valence-electron chi connectivity index (χ3n) is 4.33. The summed E-state index contributed by atoms with van der Waals surface area (Å²) < 4.78 is 9.85. The maximum absolute atomic E-state index is 13.3. The summed E-state index contributed by atoms with van der Waals surface area (Å²) in [4.78, 5) is 51.3. The van der Waals surface area contributed by atoms with Gasteiger partial charge in [-0.1, -0.05) is 30.3 Å². The van der Waals surface area contributed by atoms with Crippen molar-refractivity contribution in [1.82, 2.24) is 15.5 Å². The standard InChI is InChI=1S/C22H33N3O6S/c1-22(2,3)31-21(29)24-16(12-13-32-6)20(28)25(4)18(15-10-8-7-9-11-15)19(27)23-14-17(26)30-5/h7-11,16,18H,12-14H2,1-6H3,(H,23,27)(H,24,29). The minimum Gasteiger partial charge on any atom is -0.468 e. The highest BCUT2D eigenvalue weighted by molar-refractivity contribution is 7.98. The smallest absolute Gasteiger partial charge is 0.408 e. The number of amides is 3. The van der Waals surface area contributed by atoms with Gasteiger partial charge in [0.1, 0.15) is 24.2 Å². The highest BCUT2D eigenvalue weighted by Gasteiger charge is 2.34. The maximum Gasteiger partial charge on any atom is 0.408 e. The molecule has 0 aliphatic heterocycles. The fourth-order valence-electron chi connectivity index (χ4n) is 2.83. The minimum absolute atomic E-state index is 0.327. The van der Waals surface area contributed by atoms with Crippen LogP contribution in [0.5, 0.6) is 0 Å². The first-order chi connectivity index (χ1) is 15.0. The third kappa shape index (κ3) is 9.17. The number of nitrogens with zero attached hydrogens (tertiary/aromatic N) is 1. The van der Waals surface area contributed by atoms with Crippen LogP contribution in [-0.4, -0.2) is 73.1 Å². The molecule has 1 rings (SSSR count). The van der Waals surface area contributed by atoms with Crippen LogP contribution in [0.4, 0.5) is 4.79 Å². The predicted octanol–water partition coefficient (Wildman–Crippen LogP) is 2.12. The molecule has 0 bridgehead atoms. The van der Waals surface area contributed by atoms with Gasteiger partial charge in [-0.3, -0.25) is 14.4 Å². The second-order valence-electron chi connectivity index (χ2n) is 8.04. The molecule has 1 aromatic rings. The highest BCUT2D eigenvalue weighted by Crippen LogP contribution is 2.21. The van der Waals surface area contributed by atoms with Gasteiger partial charge in [-0.2, -0.15) is 11.8 Å². The number of ether oxygens (including phenoxy) is 2. The van der Waals surface area contributed by atoms with Crippen LogP contribution in [0.1, 0.15) is 38.8 Å². The van der Waals surface area contributed by atoms with Crippen molar-refractivity contribution < 1.29 is 28.7 Å². The van der Waals surface area contributed by atoms with E-state index in [4.69, 9.17) is 4.74 Å². The monoisotopic (exact) mass is 467 g/mol. The molecule has 0 heterocycles. The molecule has 9 nitrogen and oxygen atoms in total. The molecule has 2 atom stereocenters. The predicted molar refractivity (Wildman–Crippen MR) is 123 cm³/mol. The van der Waals surface area contributed by atoms with Gasteiger partial charge in [-0.15, -0.1) is 0 Å². The highest BCUT2D eigenvalue weighted by atomic mass is 32.2. The topological polar surface area (TPSA) is 114 Å². The molecule has 2 N–H and O–H groups in total. The quantitative estimate of drug-likeness (QED) is 0.507. The molecular weight excluding hydrogens is 434 g/mol. The number of hydrogen-bond donors (Lipinski definition) is 2. The van der Waals surface area contributed by atoms with Gasteiger partial charge in [0.15, 0.2) is 0 Å². The number of methoxy groups -OCH3 is 1. The molecule has 0 radical (unpaired) electrons. The molecule has 32 heavy (non-hydrogen) atoms. The summed E-state index contributed by atoms with van der Waals surface area (Å²) >= 11 is 1.53. The van der Waals surface area contributed by atoms with Crippen molar-refractivity contribution in [3.05, 3.63) is 35.9 Å². The molecule has 0 fully saturated rings. The lowest BCUT2D eigenvalue weighted by Crippen LogP contribution is -2.52. The van der Waals surface area contributed by atoms with Crippen molar-refractivity contribution in [2.24, 2.45) is 0 Å². The zero-order valence-electron chi connectivity index (χ0n) is 19.5. The van der Waals surface area contributed by atoms with Gasteiger partial charge in [0, 0.05) is 7.05 Å². The summed E-state index contributed by atoms with van der Waals surface area (Å²) in [5.41, 5.74) is -0.157. The Labute approximate surface area is 193 Å². The molecular formula is C22H33N3O6S. The van der Waals surface area contributed by atoms with Crippen molar-refractivity contribution in [2.45, 2.75) is 44.9 Å². The van der Waals surface area contributed by atoms with Crippen LogP contribution >= 0.6 is 11.8 Å². The van der Waals surface area contributed by atoms with Gasteiger partial charge in [-0.05, 0) is 44.8 Å². The number of likely N-dealkylation sites (N-methyl/N-ethyl adjacent to an activating group) is 1. The largest absolute Gasteiger partial charge is 0.468 e. The van der Waals surface area contributed by atoms with Crippen LogP contribution in [0.3, 0.4) is 0 Å². The summed E-state index contributed by atoms with van der Waals surface area (Å²) in [5.74, 6) is -0.987. The molecule has 2 unspecified atom stereocenters. The number of carbonyl (C=O) groups excluding carboxylic acids is 4. The van der Waals surface area contributed by atoms with Crippen LogP contribution in [0.15, 0.2) is 30.3 Å². The van der Waals surface area contributed by atoms with Crippen molar-refractivity contribution in [1.29, 1.82) is 0 Å². The van der Waals surface area contributed by atoms with Gasteiger partial charge in [0.25, 0.3) is 0 Å². The van der Waals surface area contributed by atoms with Gasteiger partial charge < -0.3 is 25.0 Å². The molecule has 3 amide bonds. The first-order valence-electron chi connectivity index (χ1n) is 10.1. The molecule has 0 aliphatic carbocycles. The molecule has 1 aromatic carbocycles. The van der Waals surface area contributed by atoms with Gasteiger partial charge in [0.05, 0.1) is 7.11 Å². The molecule has 0 aliphatic rings. The van der Waals surface area contributed by atoms with Crippen LogP contribution < -0.4 is 10.6 Å². The van der Waals surface area contributed by atoms with E-state index in [1.165, 1.54) is 30.8 Å². The number of benzene rings is 1. The fourth-order valence-corrected chi connectivity index (χ4v) is 3.30. The van der Waals surface area contributed by atoms with E-state index in [0.29, 0.717) is 17.7 Å². The number of hydrogen-bond acceptors (Lipinski definition) is 7. The number of nitrogens with one attached hydrogen (secondary N) is 2. The van der Waals surface area contributed by atoms with E-state index in [9.17, 15) is 19.2 Å². The minimum atomic E-state index is -1.01. The summed E-state index contributed by atoms with van der Waals surface area (Å²) in [7, 11) is 2.71. The van der Waals surface area contributed by atoms with Crippen molar-refractivity contribution >= 4 is 35.6 Å². The van der Waals surface area contributed by atoms with Gasteiger partial charge in [-0.25, -0.2) is 4.79 Å². The molecule has 0 aromatic heterocycles.